The third-order valence-electron chi connectivity index (χ3n) is 4.42. The van der Waals surface area contributed by atoms with Crippen molar-refractivity contribution in [2.45, 2.75) is 26.2 Å². The van der Waals surface area contributed by atoms with Crippen LogP contribution in [0.15, 0.2) is 66.3 Å². The minimum absolute atomic E-state index is 0.190. The lowest BCUT2D eigenvalue weighted by atomic mass is 9.86. The number of allylic oxidation sites excluding steroid dienone is 3. The van der Waals surface area contributed by atoms with Crippen LogP contribution >= 0.6 is 0 Å². The molecular weight excluding hydrogens is 326 g/mol. The monoisotopic (exact) mass is 347 g/mol. The molecule has 0 aliphatic heterocycles. The molecule has 1 aliphatic carbocycles. The number of anilines is 1. The van der Waals surface area contributed by atoms with Gasteiger partial charge in [-0.15, -0.1) is 0 Å². The molecule has 3 rings (SSSR count). The number of hydrogen-bond acceptors (Lipinski definition) is 2. The quantitative estimate of drug-likeness (QED) is 0.789. The molecule has 4 nitrogen and oxygen atoms in total. The standard InChI is InChI=1S/C22H21NO3/c1-15(13-18-7-4-6-16-5-2-3-8-20(16)18)14-21(24)23-19-11-9-17(10-12-19)22(25)26/h2-3,5,8-14H,4,6-7H2,1H3,(H,23,24)(H,25,26). The third kappa shape index (κ3) is 4.28. The molecule has 2 aromatic carbocycles. The van der Waals surface area contributed by atoms with E-state index in [0.29, 0.717) is 5.69 Å². The first-order chi connectivity index (χ1) is 12.5. The number of hydrogen-bond donors (Lipinski definition) is 2. The maximum absolute atomic E-state index is 12.2. The average Bonchev–Trinajstić information content (AvgIpc) is 2.62. The Labute approximate surface area is 152 Å². The SMILES string of the molecule is CC(=CC(=O)Nc1ccc(C(=O)O)cc1)C=C1CCCc2ccccc21. The van der Waals surface area contributed by atoms with Gasteiger partial charge >= 0.3 is 5.97 Å². The second-order valence-electron chi connectivity index (χ2n) is 6.44. The Morgan fingerprint density at radius 3 is 2.50 bits per heavy atom. The van der Waals surface area contributed by atoms with E-state index in [-0.39, 0.29) is 11.5 Å². The van der Waals surface area contributed by atoms with E-state index in [1.165, 1.54) is 28.8 Å². The number of fused-ring (bicyclic) bond motifs is 1. The molecule has 2 N–H and O–H groups in total. The van der Waals surface area contributed by atoms with Gasteiger partial charge in [0.2, 0.25) is 5.91 Å². The molecule has 0 bridgehead atoms. The zero-order chi connectivity index (χ0) is 18.5. The number of nitrogens with one attached hydrogen (secondary N) is 1. The van der Waals surface area contributed by atoms with Crippen LogP contribution in [0, 0.1) is 0 Å². The predicted molar refractivity (Wildman–Crippen MR) is 103 cm³/mol. The molecule has 0 aromatic heterocycles. The lowest BCUT2D eigenvalue weighted by Gasteiger charge is -2.19. The molecule has 0 heterocycles. The molecule has 1 amide bonds. The molecule has 26 heavy (non-hydrogen) atoms. The average molecular weight is 347 g/mol. The van der Waals surface area contributed by atoms with Gasteiger partial charge in [0.15, 0.2) is 0 Å². The Balaban J connectivity index is 1.71. The number of amides is 1. The van der Waals surface area contributed by atoms with Gasteiger partial charge in [0.05, 0.1) is 5.56 Å². The van der Waals surface area contributed by atoms with Gasteiger partial charge in [0.25, 0.3) is 0 Å². The lowest BCUT2D eigenvalue weighted by Crippen LogP contribution is -2.09. The molecule has 0 fully saturated rings. The summed E-state index contributed by atoms with van der Waals surface area (Å²) in [5.41, 5.74) is 5.54. The van der Waals surface area contributed by atoms with Crippen molar-refractivity contribution >= 4 is 23.1 Å². The highest BCUT2D eigenvalue weighted by atomic mass is 16.4. The highest BCUT2D eigenvalue weighted by Gasteiger charge is 2.13. The number of carboxylic acid groups (broad SMARTS) is 1. The summed E-state index contributed by atoms with van der Waals surface area (Å²) in [5, 5.41) is 11.7. The summed E-state index contributed by atoms with van der Waals surface area (Å²) in [4.78, 5) is 23.0. The van der Waals surface area contributed by atoms with Gasteiger partial charge in [-0.2, -0.15) is 0 Å². The van der Waals surface area contributed by atoms with Gasteiger partial charge in [0.1, 0.15) is 0 Å². The van der Waals surface area contributed by atoms with Crippen molar-refractivity contribution < 1.29 is 14.7 Å². The van der Waals surface area contributed by atoms with Crippen molar-refractivity contribution in [2.75, 3.05) is 5.32 Å². The van der Waals surface area contributed by atoms with Crippen LogP contribution in [0.5, 0.6) is 0 Å². The molecule has 1 aliphatic rings. The van der Waals surface area contributed by atoms with Gasteiger partial charge in [-0.05, 0) is 72.7 Å². The molecule has 132 valence electrons. The van der Waals surface area contributed by atoms with E-state index in [9.17, 15) is 9.59 Å². The van der Waals surface area contributed by atoms with Crippen molar-refractivity contribution in [2.24, 2.45) is 0 Å². The smallest absolute Gasteiger partial charge is 0.335 e. The second-order valence-corrected chi connectivity index (χ2v) is 6.44. The fourth-order valence-electron chi connectivity index (χ4n) is 3.20. The van der Waals surface area contributed by atoms with E-state index >= 15 is 0 Å². The number of benzene rings is 2. The van der Waals surface area contributed by atoms with Crippen LogP contribution in [0.25, 0.3) is 5.57 Å². The molecule has 0 saturated heterocycles. The summed E-state index contributed by atoms with van der Waals surface area (Å²) < 4.78 is 0. The Morgan fingerprint density at radius 2 is 1.77 bits per heavy atom. The van der Waals surface area contributed by atoms with Gasteiger partial charge < -0.3 is 10.4 Å². The number of carbonyl (C=O) groups is 2. The lowest BCUT2D eigenvalue weighted by molar-refractivity contribution is -0.111. The summed E-state index contributed by atoms with van der Waals surface area (Å²) in [7, 11) is 0. The zero-order valence-corrected chi connectivity index (χ0v) is 14.7. The molecule has 0 unspecified atom stereocenters. The molecule has 0 spiro atoms. The van der Waals surface area contributed by atoms with Crippen LogP contribution in [0.3, 0.4) is 0 Å². The first-order valence-corrected chi connectivity index (χ1v) is 8.64. The molecule has 0 atom stereocenters. The molecule has 4 heteroatoms. The topological polar surface area (TPSA) is 66.4 Å². The summed E-state index contributed by atoms with van der Waals surface area (Å²) in [6, 6.07) is 14.5. The van der Waals surface area contributed by atoms with Crippen molar-refractivity contribution in [3.63, 3.8) is 0 Å². The Bertz CT molecular complexity index is 892. The second kappa shape index (κ2) is 7.83. The maximum Gasteiger partial charge on any atom is 0.335 e. The van der Waals surface area contributed by atoms with E-state index in [0.717, 1.165) is 24.8 Å². The number of aromatic carboxylic acids is 1. The first-order valence-electron chi connectivity index (χ1n) is 8.64. The van der Waals surface area contributed by atoms with Gasteiger partial charge in [-0.25, -0.2) is 4.79 Å². The van der Waals surface area contributed by atoms with Crippen molar-refractivity contribution in [3.05, 3.63) is 82.9 Å². The third-order valence-corrected chi connectivity index (χ3v) is 4.42. The normalized spacial score (nSPS) is 15.4. The fraction of sp³-hybridized carbons (Fsp3) is 0.182. The first kappa shape index (κ1) is 17.7. The molecule has 2 aromatic rings. The van der Waals surface area contributed by atoms with Gasteiger partial charge in [-0.3, -0.25) is 4.79 Å². The van der Waals surface area contributed by atoms with E-state index in [1.807, 2.05) is 13.0 Å². The minimum atomic E-state index is -0.988. The van der Waals surface area contributed by atoms with E-state index in [1.54, 1.807) is 18.2 Å². The summed E-state index contributed by atoms with van der Waals surface area (Å²) in [5.74, 6) is -1.22. The maximum atomic E-state index is 12.2. The number of rotatable bonds is 4. The van der Waals surface area contributed by atoms with Crippen molar-refractivity contribution in [3.8, 4) is 0 Å². The largest absolute Gasteiger partial charge is 0.478 e. The van der Waals surface area contributed by atoms with Crippen molar-refractivity contribution in [1.29, 1.82) is 0 Å². The van der Waals surface area contributed by atoms with Crippen LogP contribution in [0.1, 0.15) is 41.3 Å². The molecular formula is C22H21NO3. The van der Waals surface area contributed by atoms with Crippen LogP contribution in [-0.4, -0.2) is 17.0 Å². The number of carboxylic acids is 1. The van der Waals surface area contributed by atoms with Crippen LogP contribution < -0.4 is 5.32 Å². The molecule has 0 saturated carbocycles. The van der Waals surface area contributed by atoms with E-state index < -0.39 is 5.97 Å². The highest BCUT2D eigenvalue weighted by molar-refractivity contribution is 6.00. The van der Waals surface area contributed by atoms with Crippen LogP contribution in [-0.2, 0) is 11.2 Å². The van der Waals surface area contributed by atoms with E-state index in [2.05, 4.69) is 29.6 Å². The zero-order valence-electron chi connectivity index (χ0n) is 14.7. The van der Waals surface area contributed by atoms with Gasteiger partial charge in [0, 0.05) is 11.8 Å². The number of carbonyl (C=O) groups excluding carboxylic acids is 1. The fourth-order valence-corrected chi connectivity index (χ4v) is 3.20. The Hall–Kier alpha value is -3.14. The Morgan fingerprint density at radius 1 is 1.04 bits per heavy atom. The van der Waals surface area contributed by atoms with Crippen LogP contribution in [0.4, 0.5) is 5.69 Å². The highest BCUT2D eigenvalue weighted by Crippen LogP contribution is 2.31. The predicted octanol–water partition coefficient (Wildman–Crippen LogP) is 4.69. The number of aryl methyl sites for hydroxylation is 1. The summed E-state index contributed by atoms with van der Waals surface area (Å²) in [6.07, 6.45) is 6.88. The van der Waals surface area contributed by atoms with E-state index in [4.69, 9.17) is 5.11 Å². The minimum Gasteiger partial charge on any atom is -0.478 e. The summed E-state index contributed by atoms with van der Waals surface area (Å²) >= 11 is 0. The van der Waals surface area contributed by atoms with Gasteiger partial charge in [-0.1, -0.05) is 30.3 Å². The Kier molecular flexibility index (Phi) is 5.32. The van der Waals surface area contributed by atoms with Crippen LogP contribution in [0.2, 0.25) is 0 Å². The summed E-state index contributed by atoms with van der Waals surface area (Å²) in [6.45, 7) is 1.91. The van der Waals surface area contributed by atoms with Crippen molar-refractivity contribution in [1.82, 2.24) is 0 Å². The molecule has 0 radical (unpaired) electrons.